The van der Waals surface area contributed by atoms with E-state index in [9.17, 15) is 9.59 Å². The fraction of sp³-hybridized carbons (Fsp3) is 0.391. The Morgan fingerprint density at radius 2 is 1.93 bits per heavy atom. The third-order valence-corrected chi connectivity index (χ3v) is 6.05. The lowest BCUT2D eigenvalue weighted by Gasteiger charge is -2.32. The van der Waals surface area contributed by atoms with Crippen LogP contribution >= 0.6 is 11.8 Å². The van der Waals surface area contributed by atoms with E-state index in [1.807, 2.05) is 60.4 Å². The number of para-hydroxylation sites is 2. The maximum absolute atomic E-state index is 12.8. The zero-order chi connectivity index (χ0) is 20.6. The molecule has 1 fully saturated rings. The molecule has 1 aliphatic rings. The van der Waals surface area contributed by atoms with Crippen LogP contribution in [-0.4, -0.2) is 42.2 Å². The van der Waals surface area contributed by atoms with Gasteiger partial charge in [0.05, 0.1) is 18.0 Å². The number of rotatable bonds is 7. The van der Waals surface area contributed by atoms with Crippen LogP contribution in [0.15, 0.2) is 53.4 Å². The van der Waals surface area contributed by atoms with Crippen LogP contribution in [0.2, 0.25) is 0 Å². The van der Waals surface area contributed by atoms with Crippen molar-refractivity contribution in [1.82, 2.24) is 4.90 Å². The standard InChI is InChI=1S/C23H28N2O3S/c1-17-8-3-5-11-21(17)28-15-19-9-7-13-25(14-19)23(27)16-29-22-12-6-4-10-20(22)24-18(2)26/h3-6,8,10-12,19H,7,9,13-16H2,1-2H3,(H,24,26). The minimum absolute atomic E-state index is 0.114. The van der Waals surface area contributed by atoms with Crippen LogP contribution in [-0.2, 0) is 9.59 Å². The van der Waals surface area contributed by atoms with Gasteiger partial charge in [0.1, 0.15) is 5.75 Å². The molecule has 0 saturated carbocycles. The summed E-state index contributed by atoms with van der Waals surface area (Å²) >= 11 is 1.47. The Balaban J connectivity index is 1.51. The van der Waals surface area contributed by atoms with Crippen molar-refractivity contribution in [3.63, 3.8) is 0 Å². The first-order valence-corrected chi connectivity index (χ1v) is 11.0. The molecule has 0 radical (unpaired) electrons. The van der Waals surface area contributed by atoms with Crippen molar-refractivity contribution in [3.8, 4) is 5.75 Å². The third kappa shape index (κ3) is 6.26. The molecule has 1 saturated heterocycles. The van der Waals surface area contributed by atoms with Crippen molar-refractivity contribution >= 4 is 29.3 Å². The number of nitrogens with one attached hydrogen (secondary N) is 1. The van der Waals surface area contributed by atoms with Gasteiger partial charge in [-0.25, -0.2) is 0 Å². The summed E-state index contributed by atoms with van der Waals surface area (Å²) in [4.78, 5) is 27.0. The summed E-state index contributed by atoms with van der Waals surface area (Å²) in [7, 11) is 0. The van der Waals surface area contributed by atoms with E-state index in [0.717, 1.165) is 47.8 Å². The van der Waals surface area contributed by atoms with Crippen LogP contribution < -0.4 is 10.1 Å². The molecular weight excluding hydrogens is 384 g/mol. The molecule has 0 aromatic heterocycles. The van der Waals surface area contributed by atoms with Crippen LogP contribution in [0.25, 0.3) is 0 Å². The quantitative estimate of drug-likeness (QED) is 0.687. The van der Waals surface area contributed by atoms with Gasteiger partial charge >= 0.3 is 0 Å². The van der Waals surface area contributed by atoms with Crippen molar-refractivity contribution in [2.75, 3.05) is 30.8 Å². The van der Waals surface area contributed by atoms with Gasteiger partial charge in [0.2, 0.25) is 11.8 Å². The predicted octanol–water partition coefficient (Wildman–Crippen LogP) is 4.36. The van der Waals surface area contributed by atoms with Crippen LogP contribution in [0.5, 0.6) is 5.75 Å². The normalized spacial score (nSPS) is 16.3. The summed E-state index contributed by atoms with van der Waals surface area (Å²) in [6.07, 6.45) is 2.08. The van der Waals surface area contributed by atoms with E-state index in [0.29, 0.717) is 18.3 Å². The van der Waals surface area contributed by atoms with Crippen LogP contribution in [0, 0.1) is 12.8 Å². The van der Waals surface area contributed by atoms with Gasteiger partial charge in [-0.2, -0.15) is 0 Å². The number of hydrogen-bond acceptors (Lipinski definition) is 4. The molecule has 1 unspecified atom stereocenters. The number of piperidine rings is 1. The molecule has 0 spiro atoms. The van der Waals surface area contributed by atoms with Crippen molar-refractivity contribution in [3.05, 3.63) is 54.1 Å². The number of ether oxygens (including phenoxy) is 1. The molecule has 1 atom stereocenters. The summed E-state index contributed by atoms with van der Waals surface area (Å²) in [5.74, 6) is 1.65. The number of aryl methyl sites for hydroxylation is 1. The number of carbonyl (C=O) groups excluding carboxylic acids is 2. The fourth-order valence-corrected chi connectivity index (χ4v) is 4.38. The average molecular weight is 413 g/mol. The minimum atomic E-state index is -0.114. The number of thioether (sulfide) groups is 1. The van der Waals surface area contributed by atoms with E-state index in [-0.39, 0.29) is 11.8 Å². The van der Waals surface area contributed by atoms with Gasteiger partial charge in [-0.05, 0) is 43.5 Å². The van der Waals surface area contributed by atoms with Crippen LogP contribution in [0.4, 0.5) is 5.69 Å². The molecule has 2 aromatic carbocycles. The second-order valence-corrected chi connectivity index (χ2v) is 8.41. The van der Waals surface area contributed by atoms with E-state index in [2.05, 4.69) is 5.32 Å². The Kier molecular flexibility index (Phi) is 7.58. The Bertz CT molecular complexity index is 856. The van der Waals surface area contributed by atoms with Gasteiger partial charge in [0.25, 0.3) is 0 Å². The first-order valence-electron chi connectivity index (χ1n) is 9.98. The van der Waals surface area contributed by atoms with Gasteiger partial charge in [-0.15, -0.1) is 11.8 Å². The van der Waals surface area contributed by atoms with Gasteiger partial charge in [-0.1, -0.05) is 30.3 Å². The predicted molar refractivity (Wildman–Crippen MR) is 117 cm³/mol. The highest BCUT2D eigenvalue weighted by Gasteiger charge is 2.24. The summed E-state index contributed by atoms with van der Waals surface area (Å²) in [5.41, 5.74) is 1.88. The van der Waals surface area contributed by atoms with E-state index in [4.69, 9.17) is 4.74 Å². The summed E-state index contributed by atoms with van der Waals surface area (Å²) in [6, 6.07) is 15.6. The smallest absolute Gasteiger partial charge is 0.232 e. The molecule has 3 rings (SSSR count). The van der Waals surface area contributed by atoms with Gasteiger partial charge < -0.3 is 15.0 Å². The number of hydrogen-bond donors (Lipinski definition) is 1. The van der Waals surface area contributed by atoms with Crippen molar-refractivity contribution < 1.29 is 14.3 Å². The average Bonchev–Trinajstić information content (AvgIpc) is 2.72. The van der Waals surface area contributed by atoms with E-state index in [1.54, 1.807) is 0 Å². The lowest BCUT2D eigenvalue weighted by molar-refractivity contribution is -0.130. The van der Waals surface area contributed by atoms with Crippen molar-refractivity contribution in [2.45, 2.75) is 31.6 Å². The minimum Gasteiger partial charge on any atom is -0.493 e. The second-order valence-electron chi connectivity index (χ2n) is 7.39. The molecule has 5 nitrogen and oxygen atoms in total. The Morgan fingerprint density at radius 1 is 1.17 bits per heavy atom. The highest BCUT2D eigenvalue weighted by Crippen LogP contribution is 2.28. The zero-order valence-corrected chi connectivity index (χ0v) is 17.8. The number of amides is 2. The highest BCUT2D eigenvalue weighted by atomic mass is 32.2. The molecule has 1 heterocycles. The van der Waals surface area contributed by atoms with E-state index < -0.39 is 0 Å². The first-order chi connectivity index (χ1) is 14.0. The Labute approximate surface area is 176 Å². The summed E-state index contributed by atoms with van der Waals surface area (Å²) in [6.45, 7) is 5.70. The Hall–Kier alpha value is -2.47. The van der Waals surface area contributed by atoms with Gasteiger partial charge in [0, 0.05) is 30.8 Å². The number of benzene rings is 2. The molecular formula is C23H28N2O3S. The third-order valence-electron chi connectivity index (χ3n) is 4.99. The topological polar surface area (TPSA) is 58.6 Å². The van der Waals surface area contributed by atoms with Gasteiger partial charge in [-0.3, -0.25) is 9.59 Å². The van der Waals surface area contributed by atoms with E-state index in [1.165, 1.54) is 18.7 Å². The molecule has 6 heteroatoms. The lowest BCUT2D eigenvalue weighted by atomic mass is 9.99. The number of nitrogens with zero attached hydrogens (tertiary/aromatic N) is 1. The number of carbonyl (C=O) groups is 2. The second kappa shape index (κ2) is 10.3. The maximum Gasteiger partial charge on any atom is 0.232 e. The lowest BCUT2D eigenvalue weighted by Crippen LogP contribution is -2.42. The maximum atomic E-state index is 12.8. The molecule has 1 N–H and O–H groups in total. The number of anilines is 1. The van der Waals surface area contributed by atoms with Crippen LogP contribution in [0.1, 0.15) is 25.3 Å². The molecule has 0 bridgehead atoms. The largest absolute Gasteiger partial charge is 0.493 e. The first kappa shape index (κ1) is 21.2. The Morgan fingerprint density at radius 3 is 2.72 bits per heavy atom. The molecule has 29 heavy (non-hydrogen) atoms. The molecule has 1 aliphatic heterocycles. The molecule has 2 amide bonds. The monoisotopic (exact) mass is 412 g/mol. The molecule has 154 valence electrons. The number of likely N-dealkylation sites (tertiary alicyclic amines) is 1. The molecule has 2 aromatic rings. The van der Waals surface area contributed by atoms with Crippen molar-refractivity contribution in [1.29, 1.82) is 0 Å². The fourth-order valence-electron chi connectivity index (χ4n) is 3.47. The molecule has 0 aliphatic carbocycles. The zero-order valence-electron chi connectivity index (χ0n) is 17.0. The van der Waals surface area contributed by atoms with E-state index >= 15 is 0 Å². The SMILES string of the molecule is CC(=O)Nc1ccccc1SCC(=O)N1CCCC(COc2ccccc2C)C1. The van der Waals surface area contributed by atoms with Gasteiger partial charge in [0.15, 0.2) is 0 Å². The summed E-state index contributed by atoms with van der Waals surface area (Å²) in [5, 5.41) is 2.82. The summed E-state index contributed by atoms with van der Waals surface area (Å²) < 4.78 is 6.00. The highest BCUT2D eigenvalue weighted by molar-refractivity contribution is 8.00. The van der Waals surface area contributed by atoms with Crippen molar-refractivity contribution in [2.24, 2.45) is 5.92 Å². The van der Waals surface area contributed by atoms with Crippen LogP contribution in [0.3, 0.4) is 0 Å².